The van der Waals surface area contributed by atoms with Crippen LogP contribution in [-0.2, 0) is 11.4 Å². The molecular formula is C25H21NO3S. The van der Waals surface area contributed by atoms with Crippen molar-refractivity contribution >= 4 is 39.8 Å². The van der Waals surface area contributed by atoms with Gasteiger partial charge in [-0.15, -0.1) is 6.58 Å². The number of thioether (sulfide) groups is 1. The molecule has 3 aromatic rings. The van der Waals surface area contributed by atoms with Gasteiger partial charge in [0.25, 0.3) is 11.1 Å². The summed E-state index contributed by atoms with van der Waals surface area (Å²) in [5.74, 6) is 0.368. The molecule has 1 aliphatic rings. The number of carbonyl (C=O) groups is 2. The van der Waals surface area contributed by atoms with E-state index in [-0.39, 0.29) is 17.7 Å². The van der Waals surface area contributed by atoms with Crippen molar-refractivity contribution in [2.24, 2.45) is 0 Å². The van der Waals surface area contributed by atoms with Gasteiger partial charge in [-0.3, -0.25) is 14.5 Å². The Bertz CT molecular complexity index is 1160. The lowest BCUT2D eigenvalue weighted by Crippen LogP contribution is -2.27. The molecule has 2 amide bonds. The second-order valence-corrected chi connectivity index (χ2v) is 8.05. The average molecular weight is 416 g/mol. The lowest BCUT2D eigenvalue weighted by atomic mass is 10.0. The SMILES string of the molecule is C=CCN1C(=O)S/C(=C/c2c(OCc3ccc(C)cc3)ccc3ccccc23)C1=O. The molecule has 3 aromatic carbocycles. The van der Waals surface area contributed by atoms with E-state index < -0.39 is 0 Å². The third-order valence-electron chi connectivity index (χ3n) is 4.91. The number of hydrogen-bond acceptors (Lipinski definition) is 4. The van der Waals surface area contributed by atoms with Gasteiger partial charge in [0.05, 0.1) is 4.91 Å². The Morgan fingerprint density at radius 3 is 2.57 bits per heavy atom. The van der Waals surface area contributed by atoms with Gasteiger partial charge in [0.1, 0.15) is 12.4 Å². The van der Waals surface area contributed by atoms with Gasteiger partial charge in [0, 0.05) is 12.1 Å². The molecule has 1 saturated heterocycles. The summed E-state index contributed by atoms with van der Waals surface area (Å²) in [5, 5.41) is 1.72. The smallest absolute Gasteiger partial charge is 0.293 e. The molecule has 0 spiro atoms. The van der Waals surface area contributed by atoms with Crippen molar-refractivity contribution < 1.29 is 14.3 Å². The number of amides is 2. The first-order valence-electron chi connectivity index (χ1n) is 9.63. The van der Waals surface area contributed by atoms with Crippen LogP contribution in [-0.4, -0.2) is 22.6 Å². The molecule has 1 fully saturated rings. The highest BCUT2D eigenvalue weighted by Gasteiger charge is 2.34. The molecule has 0 aliphatic carbocycles. The number of benzene rings is 3. The van der Waals surface area contributed by atoms with Crippen LogP contribution in [0, 0.1) is 6.92 Å². The summed E-state index contributed by atoms with van der Waals surface area (Å²) in [6.45, 7) is 6.28. The Hall–Kier alpha value is -3.31. The molecular weight excluding hydrogens is 394 g/mol. The first-order valence-corrected chi connectivity index (χ1v) is 10.4. The van der Waals surface area contributed by atoms with E-state index >= 15 is 0 Å². The molecule has 1 aliphatic heterocycles. The number of rotatable bonds is 6. The predicted molar refractivity (Wildman–Crippen MR) is 122 cm³/mol. The number of fused-ring (bicyclic) bond motifs is 1. The fraction of sp³-hybridized carbons (Fsp3) is 0.120. The Morgan fingerprint density at radius 1 is 1.03 bits per heavy atom. The summed E-state index contributed by atoms with van der Waals surface area (Å²) in [4.78, 5) is 26.5. The van der Waals surface area contributed by atoms with E-state index in [1.165, 1.54) is 10.5 Å². The number of nitrogens with zero attached hydrogens (tertiary/aromatic N) is 1. The number of imide groups is 1. The van der Waals surface area contributed by atoms with Crippen molar-refractivity contribution in [2.75, 3.05) is 6.54 Å². The van der Waals surface area contributed by atoms with Gasteiger partial charge in [-0.25, -0.2) is 0 Å². The molecule has 0 aromatic heterocycles. The van der Waals surface area contributed by atoms with Gasteiger partial charge in [-0.05, 0) is 47.2 Å². The standard InChI is InChI=1S/C25H21NO3S/c1-3-14-26-24(27)23(30-25(26)28)15-21-20-7-5-4-6-19(20)12-13-22(21)29-16-18-10-8-17(2)9-11-18/h3-13,15H,1,14,16H2,2H3/b23-15+. The van der Waals surface area contributed by atoms with Crippen LogP contribution in [0.5, 0.6) is 5.75 Å². The maximum Gasteiger partial charge on any atom is 0.293 e. The van der Waals surface area contributed by atoms with E-state index in [9.17, 15) is 9.59 Å². The summed E-state index contributed by atoms with van der Waals surface area (Å²) in [6, 6.07) is 20.0. The first kappa shape index (κ1) is 20.0. The lowest BCUT2D eigenvalue weighted by molar-refractivity contribution is -0.122. The summed E-state index contributed by atoms with van der Waals surface area (Å²) < 4.78 is 6.14. The first-order chi connectivity index (χ1) is 14.6. The molecule has 4 nitrogen and oxygen atoms in total. The number of aryl methyl sites for hydroxylation is 1. The zero-order valence-electron chi connectivity index (χ0n) is 16.6. The highest BCUT2D eigenvalue weighted by atomic mass is 32.2. The van der Waals surface area contributed by atoms with Crippen LogP contribution in [0.1, 0.15) is 16.7 Å². The van der Waals surface area contributed by atoms with Gasteiger partial charge in [0.2, 0.25) is 0 Å². The minimum absolute atomic E-state index is 0.203. The summed E-state index contributed by atoms with van der Waals surface area (Å²) in [6.07, 6.45) is 3.31. The molecule has 4 rings (SSSR count). The Morgan fingerprint density at radius 2 is 1.80 bits per heavy atom. The lowest BCUT2D eigenvalue weighted by Gasteiger charge is -2.13. The van der Waals surface area contributed by atoms with E-state index in [4.69, 9.17) is 4.74 Å². The van der Waals surface area contributed by atoms with Crippen molar-refractivity contribution in [1.29, 1.82) is 0 Å². The highest BCUT2D eigenvalue weighted by molar-refractivity contribution is 8.18. The minimum Gasteiger partial charge on any atom is -0.488 e. The molecule has 0 unspecified atom stereocenters. The quantitative estimate of drug-likeness (QED) is 0.369. The van der Waals surface area contributed by atoms with E-state index in [1.54, 1.807) is 12.2 Å². The Labute approximate surface area is 179 Å². The number of hydrogen-bond donors (Lipinski definition) is 0. The monoisotopic (exact) mass is 415 g/mol. The molecule has 0 N–H and O–H groups in total. The molecule has 0 saturated carbocycles. The van der Waals surface area contributed by atoms with Gasteiger partial charge in [0.15, 0.2) is 0 Å². The van der Waals surface area contributed by atoms with E-state index in [1.807, 2.05) is 55.5 Å². The summed E-state index contributed by atoms with van der Waals surface area (Å²) >= 11 is 0.945. The minimum atomic E-state index is -0.303. The molecule has 0 bridgehead atoms. The molecule has 0 radical (unpaired) electrons. The van der Waals surface area contributed by atoms with Crippen LogP contribution in [0.4, 0.5) is 4.79 Å². The number of ether oxygens (including phenoxy) is 1. The zero-order chi connectivity index (χ0) is 21.1. The predicted octanol–water partition coefficient (Wildman–Crippen LogP) is 5.95. The topological polar surface area (TPSA) is 46.6 Å². The van der Waals surface area contributed by atoms with Crippen LogP contribution >= 0.6 is 11.8 Å². The van der Waals surface area contributed by atoms with Crippen LogP contribution in [0.3, 0.4) is 0 Å². The molecule has 0 atom stereocenters. The molecule has 5 heteroatoms. The van der Waals surface area contributed by atoms with Crippen LogP contribution in [0.2, 0.25) is 0 Å². The van der Waals surface area contributed by atoms with Crippen LogP contribution in [0.25, 0.3) is 16.8 Å². The Balaban J connectivity index is 1.72. The largest absolute Gasteiger partial charge is 0.488 e. The van der Waals surface area contributed by atoms with Gasteiger partial charge in [-0.2, -0.15) is 0 Å². The molecule has 30 heavy (non-hydrogen) atoms. The normalized spacial score (nSPS) is 15.2. The Kier molecular flexibility index (Phi) is 5.72. The zero-order valence-corrected chi connectivity index (χ0v) is 17.4. The van der Waals surface area contributed by atoms with Crippen molar-refractivity contribution in [2.45, 2.75) is 13.5 Å². The van der Waals surface area contributed by atoms with Crippen LogP contribution in [0.15, 0.2) is 78.2 Å². The van der Waals surface area contributed by atoms with E-state index in [0.717, 1.165) is 33.7 Å². The highest BCUT2D eigenvalue weighted by Crippen LogP contribution is 2.37. The van der Waals surface area contributed by atoms with Crippen molar-refractivity contribution in [3.8, 4) is 5.75 Å². The van der Waals surface area contributed by atoms with Crippen LogP contribution < -0.4 is 4.74 Å². The van der Waals surface area contributed by atoms with Gasteiger partial charge < -0.3 is 4.74 Å². The summed E-state index contributed by atoms with van der Waals surface area (Å²) in [7, 11) is 0. The fourth-order valence-corrected chi connectivity index (χ4v) is 4.14. The maximum absolute atomic E-state index is 12.7. The van der Waals surface area contributed by atoms with Crippen molar-refractivity contribution in [3.05, 3.63) is 94.9 Å². The van der Waals surface area contributed by atoms with Gasteiger partial charge >= 0.3 is 0 Å². The van der Waals surface area contributed by atoms with E-state index in [2.05, 4.69) is 18.7 Å². The number of carbonyl (C=O) groups excluding carboxylic acids is 2. The second-order valence-electron chi connectivity index (χ2n) is 7.05. The average Bonchev–Trinajstić information content (AvgIpc) is 3.02. The fourth-order valence-electron chi connectivity index (χ4n) is 3.31. The van der Waals surface area contributed by atoms with E-state index in [0.29, 0.717) is 17.3 Å². The van der Waals surface area contributed by atoms with Crippen molar-refractivity contribution in [3.63, 3.8) is 0 Å². The second kappa shape index (κ2) is 8.59. The molecule has 1 heterocycles. The third-order valence-corrected chi connectivity index (χ3v) is 5.81. The molecule has 150 valence electrons. The van der Waals surface area contributed by atoms with Crippen molar-refractivity contribution in [1.82, 2.24) is 4.90 Å². The summed E-state index contributed by atoms with van der Waals surface area (Å²) in [5.41, 5.74) is 3.05. The van der Waals surface area contributed by atoms with Gasteiger partial charge in [-0.1, -0.05) is 66.2 Å². The third kappa shape index (κ3) is 4.02. The maximum atomic E-state index is 12.7.